The topological polar surface area (TPSA) is 166 Å². The van der Waals surface area contributed by atoms with Crippen LogP contribution >= 0.6 is 35.3 Å². The van der Waals surface area contributed by atoms with Crippen molar-refractivity contribution in [2.24, 2.45) is 0 Å². The molecule has 2 amide bonds. The van der Waals surface area contributed by atoms with E-state index in [-0.39, 0.29) is 16.6 Å². The summed E-state index contributed by atoms with van der Waals surface area (Å²) in [6.45, 7) is 0.941. The highest BCUT2D eigenvalue weighted by atomic mass is 32.2. The van der Waals surface area contributed by atoms with E-state index in [1.807, 2.05) is 0 Å². The second-order valence-corrected chi connectivity index (χ2v) is 10.1. The van der Waals surface area contributed by atoms with E-state index in [1.54, 1.807) is 6.92 Å². The molecule has 0 bridgehead atoms. The quantitative estimate of drug-likeness (QED) is 0.190. The summed E-state index contributed by atoms with van der Waals surface area (Å²) in [4.78, 5) is 49.8. The lowest BCUT2D eigenvalue weighted by Crippen LogP contribution is -2.71. The van der Waals surface area contributed by atoms with Crippen LogP contribution in [0, 0.1) is 0 Å². The van der Waals surface area contributed by atoms with Crippen LogP contribution in [0.3, 0.4) is 0 Å². The van der Waals surface area contributed by atoms with E-state index in [0.717, 1.165) is 23.8 Å². The number of alkyl halides is 3. The molecule has 2 aliphatic heterocycles. The molecule has 0 aliphatic carbocycles. The van der Waals surface area contributed by atoms with Gasteiger partial charge in [0.1, 0.15) is 17.1 Å². The second-order valence-electron chi connectivity index (χ2n) is 6.67. The van der Waals surface area contributed by atoms with Crippen molar-refractivity contribution < 1.29 is 46.6 Å². The van der Waals surface area contributed by atoms with Crippen LogP contribution < -0.4 is 5.32 Å². The number of methoxy groups -OCH3 is 1. The second kappa shape index (κ2) is 11.4. The molecular weight excluding hydrogens is 541 g/mol. The molecule has 19 heteroatoms. The first kappa shape index (κ1) is 26.9. The molecule has 2 unspecified atom stereocenters. The Hall–Kier alpha value is -2.67. The minimum absolute atomic E-state index is 0.133. The van der Waals surface area contributed by atoms with Gasteiger partial charge < -0.3 is 19.5 Å². The molecule has 3 heterocycles. The van der Waals surface area contributed by atoms with Gasteiger partial charge in [0.05, 0.1) is 12.9 Å². The summed E-state index contributed by atoms with van der Waals surface area (Å²) in [5, 5.41) is 14.8. The van der Waals surface area contributed by atoms with Gasteiger partial charge in [-0.15, -0.1) is 22.0 Å². The van der Waals surface area contributed by atoms with Gasteiger partial charge in [0.2, 0.25) is 17.9 Å². The highest BCUT2D eigenvalue weighted by molar-refractivity contribution is 8.01. The van der Waals surface area contributed by atoms with Gasteiger partial charge >= 0.3 is 17.6 Å². The van der Waals surface area contributed by atoms with Gasteiger partial charge in [0, 0.05) is 11.0 Å². The lowest BCUT2D eigenvalue weighted by molar-refractivity contribution is -0.157. The molecule has 1 aromatic rings. The summed E-state index contributed by atoms with van der Waals surface area (Å²) in [5.74, 6) is -3.36. The molecule has 0 saturated carbocycles. The molecule has 2 N–H and O–H groups in total. The number of esters is 1. The molecule has 13 nitrogen and oxygen atoms in total. The summed E-state index contributed by atoms with van der Waals surface area (Å²) in [6.07, 6.45) is -1.09. The Bertz CT molecular complexity index is 1010. The number of fused-ring (bicyclic) bond motifs is 1. The van der Waals surface area contributed by atoms with Crippen molar-refractivity contribution in [3.63, 3.8) is 0 Å². The van der Waals surface area contributed by atoms with E-state index < -0.39 is 70.4 Å². The molecule has 3 atom stereocenters. The first-order chi connectivity index (χ1) is 16.5. The minimum atomic E-state index is -4.60. The van der Waals surface area contributed by atoms with Crippen molar-refractivity contribution in [2.75, 3.05) is 25.4 Å². The fourth-order valence-electron chi connectivity index (χ4n) is 3.00. The van der Waals surface area contributed by atoms with Crippen molar-refractivity contribution in [1.82, 2.24) is 30.8 Å². The Morgan fingerprint density at radius 3 is 2.71 bits per heavy atom. The number of tetrazole rings is 1. The number of amides is 2. The van der Waals surface area contributed by atoms with E-state index in [9.17, 15) is 32.3 Å². The lowest BCUT2D eigenvalue weighted by Gasteiger charge is -2.50. The van der Waals surface area contributed by atoms with Gasteiger partial charge in [-0.05, 0) is 29.5 Å². The average Bonchev–Trinajstić information content (AvgIpc) is 3.32. The highest BCUT2D eigenvalue weighted by Crippen LogP contribution is 2.43. The molecule has 1 fully saturated rings. The number of nitrogens with zero attached hydrogens (tertiary/aromatic N) is 4. The maximum absolute atomic E-state index is 12.9. The summed E-state index contributed by atoms with van der Waals surface area (Å²) in [6, 6.07) is -1.13. The number of thioether (sulfide) groups is 3. The van der Waals surface area contributed by atoms with Crippen LogP contribution in [-0.4, -0.2) is 97.0 Å². The third-order valence-electron chi connectivity index (χ3n) is 4.51. The number of carbonyl (C=O) groups is 4. The van der Waals surface area contributed by atoms with E-state index in [0.29, 0.717) is 5.57 Å². The number of aromatic nitrogens is 4. The van der Waals surface area contributed by atoms with Crippen LogP contribution in [0.5, 0.6) is 0 Å². The van der Waals surface area contributed by atoms with Gasteiger partial charge in [0.15, 0.2) is 0 Å². The predicted molar refractivity (Wildman–Crippen MR) is 115 cm³/mol. The van der Waals surface area contributed by atoms with Gasteiger partial charge in [-0.3, -0.25) is 14.5 Å². The number of carbonyl (C=O) groups excluding carboxylic acids is 4. The maximum atomic E-state index is 12.9. The zero-order valence-corrected chi connectivity index (χ0v) is 20.3. The number of hydrogen-bond donors (Lipinski definition) is 2. The fourth-order valence-corrected chi connectivity index (χ4v) is 5.79. The Balaban J connectivity index is 1.76. The van der Waals surface area contributed by atoms with Crippen LogP contribution in [0.15, 0.2) is 16.4 Å². The SMILES string of the molecule is COC(=O)OCOC(=O)C1=C(C(C)Sc2nn[nH]n2)CS[C@@H]2C(NC(=O)CSC(F)(F)F)C(=O)N12. The van der Waals surface area contributed by atoms with E-state index in [4.69, 9.17) is 4.74 Å². The van der Waals surface area contributed by atoms with Gasteiger partial charge in [-0.25, -0.2) is 9.59 Å². The lowest BCUT2D eigenvalue weighted by atomic mass is 10.0. The Morgan fingerprint density at radius 1 is 1.34 bits per heavy atom. The number of nitrogens with one attached hydrogen (secondary N) is 2. The number of ether oxygens (including phenoxy) is 3. The van der Waals surface area contributed by atoms with Gasteiger partial charge in [0.25, 0.3) is 5.91 Å². The van der Waals surface area contributed by atoms with Crippen LogP contribution in [0.4, 0.5) is 18.0 Å². The standard InChI is InChI=1S/C16H17F3N6O7S3/c1-6(35-14-21-23-24-22-14)7-3-33-12-9(20-8(26)4-34-16(17,18)19)11(27)25(12)10(7)13(28)31-5-32-15(29)30-2/h6,9,12H,3-5H2,1-2H3,(H,20,26)(H,21,22,23,24)/t6?,9?,12-/m1/s1. The number of H-pyrrole nitrogens is 1. The summed E-state index contributed by atoms with van der Waals surface area (Å²) >= 11 is 1.82. The van der Waals surface area contributed by atoms with Crippen LogP contribution in [0.1, 0.15) is 6.92 Å². The molecule has 2 aliphatic rings. The summed E-state index contributed by atoms with van der Waals surface area (Å²) in [5.41, 5.74) is -4.26. The molecule has 0 radical (unpaired) electrons. The molecule has 35 heavy (non-hydrogen) atoms. The first-order valence-corrected chi connectivity index (χ1v) is 12.4. The van der Waals surface area contributed by atoms with Crippen LogP contribution in [0.2, 0.25) is 0 Å². The Morgan fingerprint density at radius 2 is 2.09 bits per heavy atom. The summed E-state index contributed by atoms with van der Waals surface area (Å²) in [7, 11) is 1.06. The smallest absolute Gasteiger partial charge is 0.438 e. The Kier molecular flexibility index (Phi) is 8.75. The maximum Gasteiger partial charge on any atom is 0.510 e. The summed E-state index contributed by atoms with van der Waals surface area (Å²) < 4.78 is 50.9. The normalized spacial score (nSPS) is 20.5. The number of hydrogen-bond acceptors (Lipinski definition) is 13. The first-order valence-electron chi connectivity index (χ1n) is 9.47. The third-order valence-corrected chi connectivity index (χ3v) is 7.56. The van der Waals surface area contributed by atoms with Crippen LogP contribution in [-0.2, 0) is 28.6 Å². The zero-order valence-electron chi connectivity index (χ0n) is 17.9. The number of β-lactam (4-membered cyclic amide) rings is 1. The average molecular weight is 559 g/mol. The number of halogens is 3. The molecule has 1 saturated heterocycles. The van der Waals surface area contributed by atoms with Crippen molar-refractivity contribution in [3.8, 4) is 0 Å². The van der Waals surface area contributed by atoms with E-state index in [2.05, 4.69) is 35.4 Å². The Labute approximate surface area is 207 Å². The zero-order chi connectivity index (χ0) is 25.8. The predicted octanol–water partition coefficient (Wildman–Crippen LogP) is 0.871. The third kappa shape index (κ3) is 6.72. The molecule has 3 rings (SSSR count). The van der Waals surface area contributed by atoms with Crippen molar-refractivity contribution >= 4 is 59.2 Å². The molecule has 0 aromatic carbocycles. The minimum Gasteiger partial charge on any atom is -0.438 e. The van der Waals surface area contributed by atoms with E-state index >= 15 is 0 Å². The highest BCUT2D eigenvalue weighted by Gasteiger charge is 2.55. The number of rotatable bonds is 9. The van der Waals surface area contributed by atoms with Crippen molar-refractivity contribution in [2.45, 2.75) is 34.3 Å². The van der Waals surface area contributed by atoms with Gasteiger partial charge in [-0.2, -0.15) is 18.4 Å². The molecule has 1 aromatic heterocycles. The largest absolute Gasteiger partial charge is 0.510 e. The van der Waals surface area contributed by atoms with Crippen LogP contribution in [0.25, 0.3) is 0 Å². The number of aromatic amines is 1. The van der Waals surface area contributed by atoms with E-state index in [1.165, 1.54) is 11.8 Å². The van der Waals surface area contributed by atoms with Gasteiger partial charge in [-0.1, -0.05) is 11.8 Å². The molecule has 192 valence electrons. The fraction of sp³-hybridized carbons (Fsp3) is 0.562. The molecule has 0 spiro atoms. The van der Waals surface area contributed by atoms with Crippen molar-refractivity contribution in [3.05, 3.63) is 11.3 Å². The monoisotopic (exact) mass is 558 g/mol. The van der Waals surface area contributed by atoms with Crippen molar-refractivity contribution in [1.29, 1.82) is 0 Å². The molecular formula is C16H17F3N6O7S3.